The monoisotopic (exact) mass is 226 g/mol. The van der Waals surface area contributed by atoms with E-state index in [1.165, 1.54) is 12.1 Å². The van der Waals surface area contributed by atoms with Crippen LogP contribution in [0.25, 0.3) is 0 Å². The van der Waals surface area contributed by atoms with Crippen molar-refractivity contribution < 1.29 is 39.5 Å². The van der Waals surface area contributed by atoms with Crippen LogP contribution in [0.15, 0.2) is 12.1 Å². The average Bonchev–Trinajstić information content (AvgIpc) is 1.96. The van der Waals surface area contributed by atoms with E-state index >= 15 is 0 Å². The second-order valence-electron chi connectivity index (χ2n) is 2.37. The van der Waals surface area contributed by atoms with Crippen molar-refractivity contribution in [2.75, 3.05) is 0 Å². The van der Waals surface area contributed by atoms with Crippen molar-refractivity contribution in [3.63, 3.8) is 0 Å². The van der Waals surface area contributed by atoms with Crippen molar-refractivity contribution in [3.05, 3.63) is 33.3 Å². The minimum atomic E-state index is -1.24. The van der Waals surface area contributed by atoms with Gasteiger partial charge >= 0.3 is 29.6 Å². The van der Waals surface area contributed by atoms with E-state index in [1.54, 1.807) is 6.92 Å². The first-order valence-electron chi connectivity index (χ1n) is 3.19. The van der Waals surface area contributed by atoms with E-state index in [9.17, 15) is 9.90 Å². The average molecular weight is 227 g/mol. The first kappa shape index (κ1) is 13.3. The summed E-state index contributed by atoms with van der Waals surface area (Å²) in [7, 11) is 0. The van der Waals surface area contributed by atoms with Gasteiger partial charge in [0.25, 0.3) is 0 Å². The molecular formula is C8H5Cl2NaO2. The summed E-state index contributed by atoms with van der Waals surface area (Å²) in [6, 6.07) is 2.78. The van der Waals surface area contributed by atoms with Gasteiger partial charge in [-0.25, -0.2) is 0 Å². The van der Waals surface area contributed by atoms with Gasteiger partial charge in [-0.1, -0.05) is 23.2 Å². The van der Waals surface area contributed by atoms with E-state index in [4.69, 9.17) is 23.2 Å². The van der Waals surface area contributed by atoms with Gasteiger partial charge in [0, 0.05) is 5.56 Å². The van der Waals surface area contributed by atoms with Crippen LogP contribution >= 0.6 is 23.2 Å². The van der Waals surface area contributed by atoms with Crippen molar-refractivity contribution in [3.8, 4) is 0 Å². The summed E-state index contributed by atoms with van der Waals surface area (Å²) in [5.74, 6) is -1.24. The summed E-state index contributed by atoms with van der Waals surface area (Å²) in [5, 5.41) is 11.0. The van der Waals surface area contributed by atoms with Crippen LogP contribution in [0, 0.1) is 6.92 Å². The summed E-state index contributed by atoms with van der Waals surface area (Å²) in [6.07, 6.45) is 0. The molecule has 1 aromatic rings. The molecule has 1 rings (SSSR count). The fourth-order valence-electron chi connectivity index (χ4n) is 0.866. The smallest absolute Gasteiger partial charge is 0.545 e. The molecule has 2 nitrogen and oxygen atoms in total. The Morgan fingerprint density at radius 1 is 1.31 bits per heavy atom. The van der Waals surface area contributed by atoms with Crippen LogP contribution in [0.1, 0.15) is 15.9 Å². The van der Waals surface area contributed by atoms with Crippen LogP contribution in [0.3, 0.4) is 0 Å². The van der Waals surface area contributed by atoms with Crippen LogP contribution in [-0.2, 0) is 0 Å². The fraction of sp³-hybridized carbons (Fsp3) is 0.125. The van der Waals surface area contributed by atoms with Gasteiger partial charge in [-0.05, 0) is 24.6 Å². The molecule has 0 bridgehead atoms. The van der Waals surface area contributed by atoms with Gasteiger partial charge in [-0.3, -0.25) is 0 Å². The van der Waals surface area contributed by atoms with Gasteiger partial charge < -0.3 is 9.90 Å². The molecule has 0 aliphatic rings. The summed E-state index contributed by atoms with van der Waals surface area (Å²) in [6.45, 7) is 1.63. The van der Waals surface area contributed by atoms with Gasteiger partial charge in [0.1, 0.15) is 0 Å². The Hall–Kier alpha value is 0.270. The molecule has 0 spiro atoms. The quantitative estimate of drug-likeness (QED) is 0.557. The number of carboxylic acid groups (broad SMARTS) is 1. The molecule has 0 amide bonds. The Morgan fingerprint density at radius 3 is 2.23 bits per heavy atom. The van der Waals surface area contributed by atoms with Crippen LogP contribution < -0.4 is 34.7 Å². The van der Waals surface area contributed by atoms with Crippen LogP contribution in [-0.4, -0.2) is 5.97 Å². The predicted octanol–water partition coefficient (Wildman–Crippen LogP) is -1.33. The molecule has 0 heterocycles. The number of carbonyl (C=O) groups excluding carboxylic acids is 1. The maximum absolute atomic E-state index is 10.5. The maximum Gasteiger partial charge on any atom is 1.00 e. The van der Waals surface area contributed by atoms with Gasteiger partial charge in [0.05, 0.1) is 16.0 Å². The number of aromatic carboxylic acids is 1. The Morgan fingerprint density at radius 2 is 1.77 bits per heavy atom. The van der Waals surface area contributed by atoms with E-state index in [1.807, 2.05) is 0 Å². The normalized spacial score (nSPS) is 9.15. The third-order valence-corrected chi connectivity index (χ3v) is 2.21. The molecular weight excluding hydrogens is 222 g/mol. The number of aryl methyl sites for hydroxylation is 1. The van der Waals surface area contributed by atoms with Crippen LogP contribution in [0.4, 0.5) is 0 Å². The van der Waals surface area contributed by atoms with Crippen molar-refractivity contribution in [2.24, 2.45) is 0 Å². The van der Waals surface area contributed by atoms with Crippen molar-refractivity contribution in [1.29, 1.82) is 0 Å². The van der Waals surface area contributed by atoms with Gasteiger partial charge in [0.15, 0.2) is 0 Å². The van der Waals surface area contributed by atoms with Gasteiger partial charge in [-0.15, -0.1) is 0 Å². The molecule has 0 radical (unpaired) electrons. The number of carboxylic acids is 1. The summed E-state index contributed by atoms with van der Waals surface area (Å²) < 4.78 is 0. The van der Waals surface area contributed by atoms with Gasteiger partial charge in [0.2, 0.25) is 0 Å². The number of rotatable bonds is 1. The topological polar surface area (TPSA) is 40.1 Å². The molecule has 0 N–H and O–H groups in total. The van der Waals surface area contributed by atoms with E-state index in [-0.39, 0.29) is 40.1 Å². The van der Waals surface area contributed by atoms with Crippen LogP contribution in [0.5, 0.6) is 0 Å². The molecule has 0 aliphatic heterocycles. The van der Waals surface area contributed by atoms with Crippen LogP contribution in [0.2, 0.25) is 10.0 Å². The Bertz CT molecular complexity index is 339. The third-order valence-electron chi connectivity index (χ3n) is 1.49. The molecule has 0 aliphatic carbocycles. The minimum absolute atomic E-state index is 0. The number of benzene rings is 1. The van der Waals surface area contributed by atoms with E-state index < -0.39 is 5.97 Å². The summed E-state index contributed by atoms with van der Waals surface area (Å²) in [4.78, 5) is 10.5. The molecule has 0 atom stereocenters. The maximum atomic E-state index is 10.5. The summed E-state index contributed by atoms with van der Waals surface area (Å²) in [5.41, 5.74) is 0.619. The molecule has 1 aromatic carbocycles. The number of carbonyl (C=O) groups is 1. The van der Waals surface area contributed by atoms with Crippen molar-refractivity contribution >= 4 is 29.2 Å². The Labute approximate surface area is 108 Å². The first-order valence-corrected chi connectivity index (χ1v) is 3.95. The number of hydrogen-bond acceptors (Lipinski definition) is 2. The fourth-order valence-corrected chi connectivity index (χ4v) is 1.25. The molecule has 0 saturated heterocycles. The molecule has 0 aromatic heterocycles. The number of hydrogen-bond donors (Lipinski definition) is 0. The zero-order valence-corrected chi connectivity index (χ0v) is 10.7. The van der Waals surface area contributed by atoms with Gasteiger partial charge in [-0.2, -0.15) is 0 Å². The van der Waals surface area contributed by atoms with E-state index in [2.05, 4.69) is 0 Å². The first-order chi connectivity index (χ1) is 5.52. The second kappa shape index (κ2) is 5.23. The predicted molar refractivity (Wildman–Crippen MR) is 45.5 cm³/mol. The van der Waals surface area contributed by atoms with Crippen molar-refractivity contribution in [2.45, 2.75) is 6.92 Å². The Kier molecular flexibility index (Phi) is 5.33. The summed E-state index contributed by atoms with van der Waals surface area (Å²) >= 11 is 11.3. The van der Waals surface area contributed by atoms with Crippen molar-refractivity contribution in [1.82, 2.24) is 0 Å². The standard InChI is InChI=1S/C8H6Cl2O2.Na/c1-4-2-6(9)7(10)3-5(4)8(11)12;/h2-3H,1H3,(H,11,12);/q;+1/p-1. The molecule has 5 heteroatoms. The SMILES string of the molecule is Cc1cc(Cl)c(Cl)cc1C(=O)[O-].[Na+]. The molecule has 64 valence electrons. The zero-order valence-electron chi connectivity index (χ0n) is 7.23. The zero-order chi connectivity index (χ0) is 9.30. The molecule has 0 unspecified atom stereocenters. The molecule has 0 fully saturated rings. The number of halogens is 2. The minimum Gasteiger partial charge on any atom is -0.545 e. The largest absolute Gasteiger partial charge is 1.00 e. The Balaban J connectivity index is 0.00000144. The molecule has 13 heavy (non-hydrogen) atoms. The van der Waals surface area contributed by atoms with E-state index in [0.29, 0.717) is 10.6 Å². The van der Waals surface area contributed by atoms with E-state index in [0.717, 1.165) is 0 Å². The second-order valence-corrected chi connectivity index (χ2v) is 3.18. The molecule has 0 saturated carbocycles. The third kappa shape index (κ3) is 3.15.